The van der Waals surface area contributed by atoms with E-state index in [1.807, 2.05) is 48.5 Å². The molecule has 0 fully saturated rings. The molecule has 0 amide bonds. The van der Waals surface area contributed by atoms with Crippen LogP contribution in [0.5, 0.6) is 5.75 Å². The number of rotatable bonds is 6. The second-order valence-corrected chi connectivity index (χ2v) is 4.26. The number of carbonyl (C=O) groups is 1. The van der Waals surface area contributed by atoms with Gasteiger partial charge in [0.05, 0.1) is 6.42 Å². The zero-order chi connectivity index (χ0) is 14.2. The van der Waals surface area contributed by atoms with Crippen LogP contribution in [0.15, 0.2) is 54.6 Å². The summed E-state index contributed by atoms with van der Waals surface area (Å²) in [4.78, 5) is 11.6. The SMILES string of the molecule is Nc1ccccc1CC(=O)OCCOc1ccccc1. The molecule has 2 aromatic rings. The van der Waals surface area contributed by atoms with E-state index in [1.54, 1.807) is 6.07 Å². The molecule has 2 N–H and O–H groups in total. The van der Waals surface area contributed by atoms with Crippen LogP contribution in [0.2, 0.25) is 0 Å². The number of esters is 1. The lowest BCUT2D eigenvalue weighted by molar-refractivity contribution is -0.143. The van der Waals surface area contributed by atoms with E-state index in [0.717, 1.165) is 11.3 Å². The lowest BCUT2D eigenvalue weighted by Crippen LogP contribution is -2.14. The predicted octanol–water partition coefficient (Wildman–Crippen LogP) is 2.43. The van der Waals surface area contributed by atoms with Gasteiger partial charge in [-0.1, -0.05) is 36.4 Å². The van der Waals surface area contributed by atoms with E-state index < -0.39 is 0 Å². The third-order valence-electron chi connectivity index (χ3n) is 2.75. The third-order valence-corrected chi connectivity index (χ3v) is 2.75. The molecular weight excluding hydrogens is 254 g/mol. The number of hydrogen-bond donors (Lipinski definition) is 1. The molecule has 0 aliphatic heterocycles. The van der Waals surface area contributed by atoms with Crippen LogP contribution in [0, 0.1) is 0 Å². The highest BCUT2D eigenvalue weighted by atomic mass is 16.6. The van der Waals surface area contributed by atoms with Crippen LogP contribution >= 0.6 is 0 Å². The van der Waals surface area contributed by atoms with Gasteiger partial charge in [-0.15, -0.1) is 0 Å². The fourth-order valence-corrected chi connectivity index (χ4v) is 1.73. The van der Waals surface area contributed by atoms with Crippen LogP contribution in [-0.2, 0) is 16.0 Å². The third kappa shape index (κ3) is 4.31. The molecule has 4 nitrogen and oxygen atoms in total. The smallest absolute Gasteiger partial charge is 0.310 e. The molecule has 0 aliphatic carbocycles. The summed E-state index contributed by atoms with van der Waals surface area (Å²) in [7, 11) is 0. The Morgan fingerprint density at radius 2 is 1.65 bits per heavy atom. The van der Waals surface area contributed by atoms with Gasteiger partial charge in [0.2, 0.25) is 0 Å². The van der Waals surface area contributed by atoms with Crippen molar-refractivity contribution >= 4 is 11.7 Å². The van der Waals surface area contributed by atoms with Crippen molar-refractivity contribution in [1.82, 2.24) is 0 Å². The zero-order valence-corrected chi connectivity index (χ0v) is 11.1. The first-order valence-electron chi connectivity index (χ1n) is 6.42. The normalized spacial score (nSPS) is 10.0. The fraction of sp³-hybridized carbons (Fsp3) is 0.188. The quantitative estimate of drug-likeness (QED) is 0.498. The molecule has 0 unspecified atom stereocenters. The van der Waals surface area contributed by atoms with Crippen LogP contribution in [-0.4, -0.2) is 19.2 Å². The summed E-state index contributed by atoms with van der Waals surface area (Å²) in [5.41, 5.74) is 7.15. The lowest BCUT2D eigenvalue weighted by Gasteiger charge is -2.08. The summed E-state index contributed by atoms with van der Waals surface area (Å²) >= 11 is 0. The van der Waals surface area contributed by atoms with Gasteiger partial charge >= 0.3 is 5.97 Å². The molecule has 104 valence electrons. The van der Waals surface area contributed by atoms with Gasteiger partial charge in [-0.2, -0.15) is 0 Å². The Labute approximate surface area is 118 Å². The maximum absolute atomic E-state index is 11.6. The van der Waals surface area contributed by atoms with E-state index in [0.29, 0.717) is 12.3 Å². The van der Waals surface area contributed by atoms with E-state index in [1.165, 1.54) is 0 Å². The molecule has 0 aliphatic rings. The van der Waals surface area contributed by atoms with Crippen molar-refractivity contribution < 1.29 is 14.3 Å². The molecular formula is C16H17NO3. The first-order chi connectivity index (χ1) is 9.75. The number of nitrogens with two attached hydrogens (primary N) is 1. The maximum Gasteiger partial charge on any atom is 0.310 e. The second-order valence-electron chi connectivity index (χ2n) is 4.26. The number of anilines is 1. The average molecular weight is 271 g/mol. The first-order valence-corrected chi connectivity index (χ1v) is 6.42. The number of benzene rings is 2. The molecule has 0 atom stereocenters. The standard InChI is InChI=1S/C16H17NO3/c17-15-9-5-4-6-13(15)12-16(18)20-11-10-19-14-7-2-1-3-8-14/h1-9H,10-12,17H2. The van der Waals surface area contributed by atoms with Crippen molar-refractivity contribution in [1.29, 1.82) is 0 Å². The van der Waals surface area contributed by atoms with Gasteiger partial charge in [0, 0.05) is 5.69 Å². The summed E-state index contributed by atoms with van der Waals surface area (Å²) in [6.45, 7) is 0.556. The number of carbonyl (C=O) groups excluding carboxylic acids is 1. The summed E-state index contributed by atoms with van der Waals surface area (Å²) in [5.74, 6) is 0.454. The average Bonchev–Trinajstić information content (AvgIpc) is 2.47. The zero-order valence-electron chi connectivity index (χ0n) is 11.1. The van der Waals surface area contributed by atoms with Crippen molar-refractivity contribution in [3.8, 4) is 5.75 Å². The van der Waals surface area contributed by atoms with E-state index in [9.17, 15) is 4.79 Å². The molecule has 0 radical (unpaired) electrons. The van der Waals surface area contributed by atoms with Crippen LogP contribution in [0.25, 0.3) is 0 Å². The highest BCUT2D eigenvalue weighted by Gasteiger charge is 2.07. The van der Waals surface area contributed by atoms with Gasteiger partial charge in [0.15, 0.2) is 0 Å². The van der Waals surface area contributed by atoms with Gasteiger partial charge < -0.3 is 15.2 Å². The highest BCUT2D eigenvalue weighted by molar-refractivity contribution is 5.74. The number of hydrogen-bond acceptors (Lipinski definition) is 4. The van der Waals surface area contributed by atoms with Gasteiger partial charge in [-0.3, -0.25) is 4.79 Å². The minimum atomic E-state index is -0.306. The Kier molecular flexibility index (Phi) is 5.00. The molecule has 0 heterocycles. The minimum absolute atomic E-state index is 0.179. The van der Waals surface area contributed by atoms with E-state index in [2.05, 4.69) is 0 Å². The summed E-state index contributed by atoms with van der Waals surface area (Å²) < 4.78 is 10.5. The van der Waals surface area contributed by atoms with Crippen molar-refractivity contribution in [2.75, 3.05) is 18.9 Å². The lowest BCUT2D eigenvalue weighted by atomic mass is 10.1. The van der Waals surface area contributed by atoms with E-state index in [-0.39, 0.29) is 19.0 Å². The molecule has 0 bridgehead atoms. The molecule has 2 rings (SSSR count). The topological polar surface area (TPSA) is 61.6 Å². The molecule has 0 aromatic heterocycles. The van der Waals surface area contributed by atoms with Crippen molar-refractivity contribution in [2.45, 2.75) is 6.42 Å². The molecule has 20 heavy (non-hydrogen) atoms. The fourth-order valence-electron chi connectivity index (χ4n) is 1.73. The number of ether oxygens (including phenoxy) is 2. The molecule has 4 heteroatoms. The van der Waals surface area contributed by atoms with Crippen LogP contribution < -0.4 is 10.5 Å². The Morgan fingerprint density at radius 3 is 2.40 bits per heavy atom. The van der Waals surface area contributed by atoms with Crippen molar-refractivity contribution in [2.24, 2.45) is 0 Å². The summed E-state index contributed by atoms with van der Waals surface area (Å²) in [6, 6.07) is 16.7. The Morgan fingerprint density at radius 1 is 0.950 bits per heavy atom. The Hall–Kier alpha value is -2.49. The molecule has 0 saturated heterocycles. The van der Waals surface area contributed by atoms with Gasteiger partial charge in [-0.05, 0) is 23.8 Å². The predicted molar refractivity (Wildman–Crippen MR) is 77.5 cm³/mol. The van der Waals surface area contributed by atoms with Gasteiger partial charge in [0.1, 0.15) is 19.0 Å². The first kappa shape index (κ1) is 13.9. The summed E-state index contributed by atoms with van der Waals surface area (Å²) in [5, 5.41) is 0. The van der Waals surface area contributed by atoms with Crippen LogP contribution in [0.3, 0.4) is 0 Å². The van der Waals surface area contributed by atoms with E-state index in [4.69, 9.17) is 15.2 Å². The molecule has 2 aromatic carbocycles. The number of nitrogen functional groups attached to an aromatic ring is 1. The summed E-state index contributed by atoms with van der Waals surface area (Å²) in [6.07, 6.45) is 0.179. The van der Waals surface area contributed by atoms with Crippen LogP contribution in [0.1, 0.15) is 5.56 Å². The van der Waals surface area contributed by atoms with E-state index >= 15 is 0 Å². The highest BCUT2D eigenvalue weighted by Crippen LogP contribution is 2.11. The maximum atomic E-state index is 11.6. The Bertz CT molecular complexity index is 555. The monoisotopic (exact) mass is 271 g/mol. The molecule has 0 spiro atoms. The molecule has 0 saturated carbocycles. The second kappa shape index (κ2) is 7.19. The largest absolute Gasteiger partial charge is 0.490 e. The van der Waals surface area contributed by atoms with Crippen LogP contribution in [0.4, 0.5) is 5.69 Å². The van der Waals surface area contributed by atoms with Crippen molar-refractivity contribution in [3.05, 3.63) is 60.2 Å². The van der Waals surface area contributed by atoms with Crippen molar-refractivity contribution in [3.63, 3.8) is 0 Å². The van der Waals surface area contributed by atoms with Gasteiger partial charge in [-0.25, -0.2) is 0 Å². The minimum Gasteiger partial charge on any atom is -0.490 e. The van der Waals surface area contributed by atoms with Gasteiger partial charge in [0.25, 0.3) is 0 Å². The Balaban J connectivity index is 1.69. The number of para-hydroxylation sites is 2.